The highest BCUT2D eigenvalue weighted by molar-refractivity contribution is 4.81. The highest BCUT2D eigenvalue weighted by Gasteiger charge is 2.23. The number of hydrogen-bond donors (Lipinski definition) is 1. The summed E-state index contributed by atoms with van der Waals surface area (Å²) in [4.78, 5) is 0. The number of methoxy groups -OCH3 is 1. The average molecular weight is 201 g/mol. The third kappa shape index (κ3) is 4.40. The van der Waals surface area contributed by atoms with Crippen molar-refractivity contribution in [2.75, 3.05) is 26.9 Å². The van der Waals surface area contributed by atoms with E-state index in [1.165, 1.54) is 25.7 Å². The first-order valence-corrected chi connectivity index (χ1v) is 5.70. The quantitative estimate of drug-likeness (QED) is 0.634. The minimum Gasteiger partial charge on any atom is -0.382 e. The Morgan fingerprint density at radius 3 is 2.93 bits per heavy atom. The second-order valence-electron chi connectivity index (χ2n) is 3.97. The minimum absolute atomic E-state index is 0.409. The Hall–Kier alpha value is -0.120. The van der Waals surface area contributed by atoms with Gasteiger partial charge in [0.05, 0.1) is 19.3 Å². The molecule has 1 saturated heterocycles. The molecule has 0 radical (unpaired) electrons. The third-order valence-electron chi connectivity index (χ3n) is 2.73. The molecule has 1 heterocycles. The molecule has 0 bridgehead atoms. The van der Waals surface area contributed by atoms with Gasteiger partial charge < -0.3 is 14.8 Å². The van der Waals surface area contributed by atoms with E-state index in [9.17, 15) is 0 Å². The van der Waals surface area contributed by atoms with Crippen molar-refractivity contribution in [3.8, 4) is 0 Å². The number of unbranched alkanes of at least 4 members (excludes halogenated alkanes) is 1. The van der Waals surface area contributed by atoms with Crippen LogP contribution in [-0.4, -0.2) is 39.0 Å². The lowest BCUT2D eigenvalue weighted by molar-refractivity contribution is 0.0260. The van der Waals surface area contributed by atoms with Crippen molar-refractivity contribution in [1.82, 2.24) is 5.32 Å². The summed E-state index contributed by atoms with van der Waals surface area (Å²) in [5, 5.41) is 3.50. The van der Waals surface area contributed by atoms with Gasteiger partial charge in [0.1, 0.15) is 0 Å². The third-order valence-corrected chi connectivity index (χ3v) is 2.73. The molecule has 1 rings (SSSR count). The molecule has 1 fully saturated rings. The molecule has 84 valence electrons. The van der Waals surface area contributed by atoms with Gasteiger partial charge in [-0.15, -0.1) is 0 Å². The summed E-state index contributed by atoms with van der Waals surface area (Å²) in [5.41, 5.74) is 0. The molecule has 0 aromatic rings. The fourth-order valence-electron chi connectivity index (χ4n) is 1.88. The summed E-state index contributed by atoms with van der Waals surface area (Å²) >= 11 is 0. The number of hydrogen-bond acceptors (Lipinski definition) is 3. The Morgan fingerprint density at radius 1 is 1.36 bits per heavy atom. The van der Waals surface area contributed by atoms with E-state index in [2.05, 4.69) is 12.2 Å². The maximum Gasteiger partial charge on any atom is 0.0715 e. The smallest absolute Gasteiger partial charge is 0.0715 e. The van der Waals surface area contributed by atoms with E-state index < -0.39 is 0 Å². The Balaban J connectivity index is 2.02. The van der Waals surface area contributed by atoms with Crippen molar-refractivity contribution in [2.45, 2.75) is 44.8 Å². The van der Waals surface area contributed by atoms with Crippen LogP contribution in [0.4, 0.5) is 0 Å². The van der Waals surface area contributed by atoms with Crippen LogP contribution in [0.5, 0.6) is 0 Å². The van der Waals surface area contributed by atoms with Crippen LogP contribution in [0.15, 0.2) is 0 Å². The summed E-state index contributed by atoms with van der Waals surface area (Å²) in [7, 11) is 1.71. The second-order valence-corrected chi connectivity index (χ2v) is 3.97. The Morgan fingerprint density at radius 2 is 2.21 bits per heavy atom. The maximum atomic E-state index is 5.67. The Labute approximate surface area is 87.2 Å². The minimum atomic E-state index is 0.409. The second kappa shape index (κ2) is 7.21. The number of rotatable bonds is 7. The van der Waals surface area contributed by atoms with Crippen LogP contribution in [0.25, 0.3) is 0 Å². The lowest BCUT2D eigenvalue weighted by atomic mass is 10.1. The van der Waals surface area contributed by atoms with E-state index in [0.717, 1.165) is 13.2 Å². The normalized spacial score (nSPS) is 27.0. The van der Waals surface area contributed by atoms with Crippen molar-refractivity contribution >= 4 is 0 Å². The van der Waals surface area contributed by atoms with E-state index >= 15 is 0 Å². The van der Waals surface area contributed by atoms with Crippen LogP contribution in [0.1, 0.15) is 32.6 Å². The summed E-state index contributed by atoms with van der Waals surface area (Å²) in [5.74, 6) is 0. The molecule has 0 aliphatic carbocycles. The van der Waals surface area contributed by atoms with Gasteiger partial charge in [0, 0.05) is 19.7 Å². The Bertz CT molecular complexity index is 141. The first-order valence-electron chi connectivity index (χ1n) is 5.70. The van der Waals surface area contributed by atoms with Crippen molar-refractivity contribution in [3.63, 3.8) is 0 Å². The molecule has 1 aliphatic heterocycles. The predicted octanol–water partition coefficient (Wildman–Crippen LogP) is 1.57. The van der Waals surface area contributed by atoms with Gasteiger partial charge >= 0.3 is 0 Å². The van der Waals surface area contributed by atoms with E-state index in [1.54, 1.807) is 7.11 Å². The highest BCUT2D eigenvalue weighted by Crippen LogP contribution is 2.15. The molecule has 1 N–H and O–H groups in total. The van der Waals surface area contributed by atoms with Crippen LogP contribution in [0, 0.1) is 0 Å². The molecule has 2 atom stereocenters. The van der Waals surface area contributed by atoms with Crippen molar-refractivity contribution in [2.24, 2.45) is 0 Å². The van der Waals surface area contributed by atoms with Crippen molar-refractivity contribution in [3.05, 3.63) is 0 Å². The largest absolute Gasteiger partial charge is 0.382 e. The standard InChI is InChI=1S/C11H23NO2/c1-3-4-5-10-8-11(9-12-10)14-7-6-13-2/h10-12H,3-9H2,1-2H3/t10-,11-/m1/s1. The van der Waals surface area contributed by atoms with Crippen LogP contribution in [0.2, 0.25) is 0 Å². The summed E-state index contributed by atoms with van der Waals surface area (Å²) < 4.78 is 10.6. The number of ether oxygens (including phenoxy) is 2. The summed E-state index contributed by atoms with van der Waals surface area (Å²) in [6.45, 7) is 4.68. The van der Waals surface area contributed by atoms with Gasteiger partial charge in [-0.2, -0.15) is 0 Å². The zero-order chi connectivity index (χ0) is 10.2. The van der Waals surface area contributed by atoms with Crippen molar-refractivity contribution < 1.29 is 9.47 Å². The molecule has 0 amide bonds. The monoisotopic (exact) mass is 201 g/mol. The van der Waals surface area contributed by atoms with Crippen LogP contribution >= 0.6 is 0 Å². The fourth-order valence-corrected chi connectivity index (χ4v) is 1.88. The zero-order valence-corrected chi connectivity index (χ0v) is 9.42. The average Bonchev–Trinajstić information content (AvgIpc) is 2.63. The molecule has 3 heteroatoms. The van der Waals surface area contributed by atoms with Gasteiger partial charge in [-0.1, -0.05) is 19.8 Å². The molecular formula is C11H23NO2. The molecule has 1 aliphatic rings. The van der Waals surface area contributed by atoms with Crippen LogP contribution < -0.4 is 5.32 Å². The highest BCUT2D eigenvalue weighted by atomic mass is 16.5. The Kier molecular flexibility index (Phi) is 6.15. The van der Waals surface area contributed by atoms with Gasteiger partial charge in [-0.25, -0.2) is 0 Å². The van der Waals surface area contributed by atoms with Crippen LogP contribution in [0.3, 0.4) is 0 Å². The van der Waals surface area contributed by atoms with Gasteiger partial charge in [-0.3, -0.25) is 0 Å². The van der Waals surface area contributed by atoms with Gasteiger partial charge in [0.15, 0.2) is 0 Å². The molecule has 0 saturated carbocycles. The molecule has 0 aromatic carbocycles. The molecule has 0 unspecified atom stereocenters. The SMILES string of the molecule is CCCC[C@@H]1C[C@@H](OCCOC)CN1. The number of nitrogens with one attached hydrogen (secondary N) is 1. The van der Waals surface area contributed by atoms with E-state index in [-0.39, 0.29) is 0 Å². The fraction of sp³-hybridized carbons (Fsp3) is 1.00. The molecule has 0 aromatic heterocycles. The zero-order valence-electron chi connectivity index (χ0n) is 9.42. The molecular weight excluding hydrogens is 178 g/mol. The van der Waals surface area contributed by atoms with E-state index in [0.29, 0.717) is 18.8 Å². The van der Waals surface area contributed by atoms with Gasteiger partial charge in [0.25, 0.3) is 0 Å². The topological polar surface area (TPSA) is 30.5 Å². The molecule has 14 heavy (non-hydrogen) atoms. The lowest BCUT2D eigenvalue weighted by Gasteiger charge is -2.10. The van der Waals surface area contributed by atoms with Gasteiger partial charge in [-0.05, 0) is 12.8 Å². The van der Waals surface area contributed by atoms with Crippen LogP contribution in [-0.2, 0) is 9.47 Å². The lowest BCUT2D eigenvalue weighted by Crippen LogP contribution is -2.21. The molecule has 3 nitrogen and oxygen atoms in total. The molecule has 0 spiro atoms. The summed E-state index contributed by atoms with van der Waals surface area (Å²) in [6.07, 6.45) is 5.48. The first-order chi connectivity index (χ1) is 6.86. The maximum absolute atomic E-state index is 5.67. The first kappa shape index (κ1) is 12.0. The van der Waals surface area contributed by atoms with Gasteiger partial charge in [0.2, 0.25) is 0 Å². The predicted molar refractivity (Wildman–Crippen MR) is 57.5 cm³/mol. The summed E-state index contributed by atoms with van der Waals surface area (Å²) in [6, 6.07) is 0.683. The van der Waals surface area contributed by atoms with Crippen molar-refractivity contribution in [1.29, 1.82) is 0 Å². The van der Waals surface area contributed by atoms with E-state index in [1.807, 2.05) is 0 Å². The van der Waals surface area contributed by atoms with E-state index in [4.69, 9.17) is 9.47 Å².